The Morgan fingerprint density at radius 3 is 2.65 bits per heavy atom. The van der Waals surface area contributed by atoms with E-state index in [2.05, 4.69) is 18.7 Å². The maximum Gasteiger partial charge on any atom is 0.224 e. The van der Waals surface area contributed by atoms with Gasteiger partial charge in [0.1, 0.15) is 0 Å². The lowest BCUT2D eigenvalue weighted by Crippen LogP contribution is -2.48. The molecule has 20 heavy (non-hydrogen) atoms. The van der Waals surface area contributed by atoms with Gasteiger partial charge in [-0.05, 0) is 25.3 Å². The Hall–Kier alpha value is -0.610. The highest BCUT2D eigenvalue weighted by molar-refractivity contribution is 5.77. The lowest BCUT2D eigenvalue weighted by molar-refractivity contribution is -0.136. The van der Waals surface area contributed by atoms with Crippen molar-refractivity contribution in [3.05, 3.63) is 0 Å². The van der Waals surface area contributed by atoms with E-state index in [0.717, 1.165) is 32.2 Å². The number of hydrogen-bond donors (Lipinski definition) is 0. The van der Waals surface area contributed by atoms with Crippen LogP contribution >= 0.6 is 0 Å². The molecule has 1 aliphatic rings. The summed E-state index contributed by atoms with van der Waals surface area (Å²) in [6.45, 7) is 13.1. The van der Waals surface area contributed by atoms with Crippen molar-refractivity contribution in [2.24, 2.45) is 11.8 Å². The predicted molar refractivity (Wildman–Crippen MR) is 82.7 cm³/mol. The molecular formula is C16H32N2O2. The van der Waals surface area contributed by atoms with Crippen LogP contribution in [0.2, 0.25) is 0 Å². The van der Waals surface area contributed by atoms with Crippen molar-refractivity contribution >= 4 is 5.91 Å². The third-order valence-electron chi connectivity index (χ3n) is 3.83. The van der Waals surface area contributed by atoms with Gasteiger partial charge in [0.15, 0.2) is 0 Å². The number of rotatable bonds is 7. The maximum atomic E-state index is 11.9. The number of carbonyl (C=O) groups excluding carboxylic acids is 1. The highest BCUT2D eigenvalue weighted by Gasteiger charge is 2.23. The number of hydrogen-bond acceptors (Lipinski definition) is 3. The predicted octanol–water partition coefficient (Wildman–Crippen LogP) is 2.24. The molecule has 0 aromatic heterocycles. The lowest BCUT2D eigenvalue weighted by Gasteiger charge is -2.35. The zero-order valence-electron chi connectivity index (χ0n) is 13.9. The van der Waals surface area contributed by atoms with E-state index in [0.29, 0.717) is 6.54 Å². The van der Waals surface area contributed by atoms with Crippen molar-refractivity contribution in [2.45, 2.75) is 46.6 Å². The molecule has 0 N–H and O–H groups in total. The second-order valence-corrected chi connectivity index (χ2v) is 6.70. The lowest BCUT2D eigenvalue weighted by atomic mass is 10.1. The first-order valence-electron chi connectivity index (χ1n) is 7.99. The van der Waals surface area contributed by atoms with E-state index in [1.807, 2.05) is 25.8 Å². The fourth-order valence-electron chi connectivity index (χ4n) is 2.65. The van der Waals surface area contributed by atoms with Crippen molar-refractivity contribution in [1.29, 1.82) is 0 Å². The number of carbonyl (C=O) groups is 1. The number of morpholine rings is 1. The molecule has 0 saturated carbocycles. The van der Waals surface area contributed by atoms with Gasteiger partial charge in [-0.15, -0.1) is 0 Å². The van der Waals surface area contributed by atoms with Crippen LogP contribution in [0.5, 0.6) is 0 Å². The van der Waals surface area contributed by atoms with Gasteiger partial charge in [-0.1, -0.05) is 27.7 Å². The summed E-state index contributed by atoms with van der Waals surface area (Å²) in [7, 11) is 1.88. The normalized spacial score (nSPS) is 20.6. The Morgan fingerprint density at radius 2 is 2.05 bits per heavy atom. The molecule has 0 aromatic carbocycles. The molecule has 4 heteroatoms. The fraction of sp³-hybridized carbons (Fsp3) is 0.938. The van der Waals surface area contributed by atoms with Crippen molar-refractivity contribution < 1.29 is 9.53 Å². The van der Waals surface area contributed by atoms with Gasteiger partial charge in [-0.25, -0.2) is 0 Å². The Kier molecular flexibility index (Phi) is 7.52. The Morgan fingerprint density at radius 1 is 1.35 bits per heavy atom. The van der Waals surface area contributed by atoms with Gasteiger partial charge in [0, 0.05) is 32.6 Å². The van der Waals surface area contributed by atoms with Crippen LogP contribution in [-0.4, -0.2) is 61.6 Å². The molecule has 1 atom stereocenters. The fourth-order valence-corrected chi connectivity index (χ4v) is 2.65. The zero-order chi connectivity index (χ0) is 15.1. The van der Waals surface area contributed by atoms with Gasteiger partial charge in [-0.3, -0.25) is 9.69 Å². The number of amides is 1. The SMILES string of the molecule is CC(C)CCCN1CCOC(CN(C)C(=O)C(C)C)C1. The minimum atomic E-state index is 0.0609. The maximum absolute atomic E-state index is 11.9. The molecule has 4 nitrogen and oxygen atoms in total. The number of ether oxygens (including phenoxy) is 1. The third-order valence-corrected chi connectivity index (χ3v) is 3.83. The van der Waals surface area contributed by atoms with Gasteiger partial charge in [0.2, 0.25) is 5.91 Å². The summed E-state index contributed by atoms with van der Waals surface area (Å²) in [5, 5.41) is 0. The first-order valence-corrected chi connectivity index (χ1v) is 7.99. The molecule has 0 radical (unpaired) electrons. The molecule has 1 fully saturated rings. The first-order chi connectivity index (χ1) is 9.40. The Balaban J connectivity index is 2.31. The molecule has 1 heterocycles. The van der Waals surface area contributed by atoms with E-state index in [-0.39, 0.29) is 17.9 Å². The summed E-state index contributed by atoms with van der Waals surface area (Å²) >= 11 is 0. The van der Waals surface area contributed by atoms with Gasteiger partial charge in [0.25, 0.3) is 0 Å². The summed E-state index contributed by atoms with van der Waals surface area (Å²) in [4.78, 5) is 16.2. The molecule has 1 rings (SSSR count). The van der Waals surface area contributed by atoms with Crippen LogP contribution in [0, 0.1) is 11.8 Å². The smallest absolute Gasteiger partial charge is 0.224 e. The molecule has 1 unspecified atom stereocenters. The highest BCUT2D eigenvalue weighted by Crippen LogP contribution is 2.11. The van der Waals surface area contributed by atoms with E-state index < -0.39 is 0 Å². The average Bonchev–Trinajstić information content (AvgIpc) is 2.37. The quantitative estimate of drug-likeness (QED) is 0.719. The summed E-state index contributed by atoms with van der Waals surface area (Å²) < 4.78 is 5.80. The van der Waals surface area contributed by atoms with E-state index in [4.69, 9.17) is 4.74 Å². The average molecular weight is 284 g/mol. The summed E-state index contributed by atoms with van der Waals surface area (Å²) in [6, 6.07) is 0. The van der Waals surface area contributed by atoms with Gasteiger partial charge in [-0.2, -0.15) is 0 Å². The van der Waals surface area contributed by atoms with Gasteiger partial charge < -0.3 is 9.64 Å². The molecule has 0 aromatic rings. The van der Waals surface area contributed by atoms with E-state index in [9.17, 15) is 4.79 Å². The van der Waals surface area contributed by atoms with Crippen LogP contribution in [0.25, 0.3) is 0 Å². The third kappa shape index (κ3) is 6.23. The van der Waals surface area contributed by atoms with E-state index in [1.54, 1.807) is 0 Å². The van der Waals surface area contributed by atoms with Crippen molar-refractivity contribution in [3.8, 4) is 0 Å². The highest BCUT2D eigenvalue weighted by atomic mass is 16.5. The number of likely N-dealkylation sites (N-methyl/N-ethyl adjacent to an activating group) is 1. The largest absolute Gasteiger partial charge is 0.374 e. The summed E-state index contributed by atoms with van der Waals surface area (Å²) in [6.07, 6.45) is 2.70. The van der Waals surface area contributed by atoms with Crippen LogP contribution in [0.3, 0.4) is 0 Å². The molecular weight excluding hydrogens is 252 g/mol. The summed E-state index contributed by atoms with van der Waals surface area (Å²) in [5.74, 6) is 1.04. The van der Waals surface area contributed by atoms with E-state index in [1.165, 1.54) is 12.8 Å². The van der Waals surface area contributed by atoms with Crippen LogP contribution in [0.4, 0.5) is 0 Å². The monoisotopic (exact) mass is 284 g/mol. The second kappa shape index (κ2) is 8.63. The van der Waals surface area contributed by atoms with Crippen molar-refractivity contribution in [3.63, 3.8) is 0 Å². The van der Waals surface area contributed by atoms with Crippen LogP contribution < -0.4 is 0 Å². The van der Waals surface area contributed by atoms with Gasteiger partial charge in [0.05, 0.1) is 12.7 Å². The molecule has 1 aliphatic heterocycles. The Labute approximate surface area is 124 Å². The second-order valence-electron chi connectivity index (χ2n) is 6.70. The topological polar surface area (TPSA) is 32.8 Å². The minimum Gasteiger partial charge on any atom is -0.374 e. The van der Waals surface area contributed by atoms with Crippen LogP contribution in [0.1, 0.15) is 40.5 Å². The van der Waals surface area contributed by atoms with E-state index >= 15 is 0 Å². The molecule has 0 bridgehead atoms. The van der Waals surface area contributed by atoms with Crippen LogP contribution in [0.15, 0.2) is 0 Å². The molecule has 0 aliphatic carbocycles. The van der Waals surface area contributed by atoms with Crippen LogP contribution in [-0.2, 0) is 9.53 Å². The standard InChI is InChI=1S/C16H32N2O2/c1-13(2)7-6-8-18-9-10-20-15(12-18)11-17(5)16(19)14(3)4/h13-15H,6-12H2,1-5H3. The minimum absolute atomic E-state index is 0.0609. The molecule has 118 valence electrons. The van der Waals surface area contributed by atoms with Crippen molar-refractivity contribution in [2.75, 3.05) is 39.8 Å². The molecule has 0 spiro atoms. The molecule has 1 saturated heterocycles. The zero-order valence-corrected chi connectivity index (χ0v) is 13.9. The summed E-state index contributed by atoms with van der Waals surface area (Å²) in [5.41, 5.74) is 0. The Bertz CT molecular complexity index is 292. The van der Waals surface area contributed by atoms with Gasteiger partial charge >= 0.3 is 0 Å². The van der Waals surface area contributed by atoms with Crippen molar-refractivity contribution in [1.82, 2.24) is 9.80 Å². The molecule has 1 amide bonds. The first kappa shape index (κ1) is 17.4. The number of nitrogens with zero attached hydrogens (tertiary/aromatic N) is 2.